The zero-order chi connectivity index (χ0) is 11.7. The van der Waals surface area contributed by atoms with Gasteiger partial charge in [-0.3, -0.25) is 4.79 Å². The Labute approximate surface area is 101 Å². The molecule has 0 radical (unpaired) electrons. The molecule has 0 saturated carbocycles. The summed E-state index contributed by atoms with van der Waals surface area (Å²) in [4.78, 5) is 12.1. The Morgan fingerprint density at radius 2 is 2.41 bits per heavy atom. The minimum absolute atomic E-state index is 0.249. The minimum Gasteiger partial charge on any atom is -0.493 e. The highest BCUT2D eigenvalue weighted by molar-refractivity contribution is 5.96. The lowest BCUT2D eigenvalue weighted by molar-refractivity contribution is 0.0971. The van der Waals surface area contributed by atoms with Crippen LogP contribution in [-0.2, 0) is 6.42 Å². The SMILES string of the molecule is O=C(CC1CCCN1)c1ccc2c(c1)CCO2. The fraction of sp³-hybridized carbons (Fsp3) is 0.500. The van der Waals surface area contributed by atoms with E-state index >= 15 is 0 Å². The summed E-state index contributed by atoms with van der Waals surface area (Å²) in [5.74, 6) is 1.19. The van der Waals surface area contributed by atoms with Gasteiger partial charge in [-0.1, -0.05) is 0 Å². The van der Waals surface area contributed by atoms with Gasteiger partial charge in [-0.25, -0.2) is 0 Å². The maximum Gasteiger partial charge on any atom is 0.164 e. The Bertz CT molecular complexity index is 436. The van der Waals surface area contributed by atoms with Crippen LogP contribution in [0, 0.1) is 0 Å². The first-order chi connectivity index (χ1) is 8.33. The van der Waals surface area contributed by atoms with E-state index in [-0.39, 0.29) is 5.78 Å². The number of Topliss-reactive ketones (excluding diaryl/α,β-unsaturated/α-hetero) is 1. The summed E-state index contributed by atoms with van der Waals surface area (Å²) in [7, 11) is 0. The lowest BCUT2D eigenvalue weighted by atomic mass is 10.00. The van der Waals surface area contributed by atoms with Gasteiger partial charge < -0.3 is 10.1 Å². The van der Waals surface area contributed by atoms with Crippen LogP contribution in [0.5, 0.6) is 5.75 Å². The Kier molecular flexibility index (Phi) is 2.85. The monoisotopic (exact) mass is 231 g/mol. The van der Waals surface area contributed by atoms with Crippen molar-refractivity contribution >= 4 is 5.78 Å². The van der Waals surface area contributed by atoms with E-state index in [9.17, 15) is 4.79 Å². The summed E-state index contributed by atoms with van der Waals surface area (Å²) in [5, 5.41) is 3.36. The number of ether oxygens (including phenoxy) is 1. The first-order valence-corrected chi connectivity index (χ1v) is 6.35. The van der Waals surface area contributed by atoms with Crippen molar-refractivity contribution in [2.75, 3.05) is 13.2 Å². The predicted octanol–water partition coefficient (Wildman–Crippen LogP) is 1.95. The van der Waals surface area contributed by atoms with E-state index in [4.69, 9.17) is 4.74 Å². The number of carbonyl (C=O) groups excluding carboxylic acids is 1. The number of carbonyl (C=O) groups is 1. The smallest absolute Gasteiger partial charge is 0.164 e. The maximum atomic E-state index is 12.1. The van der Waals surface area contributed by atoms with Gasteiger partial charge in [-0.05, 0) is 43.1 Å². The van der Waals surface area contributed by atoms with E-state index in [0.29, 0.717) is 12.5 Å². The highest BCUT2D eigenvalue weighted by atomic mass is 16.5. The molecule has 1 fully saturated rings. The maximum absolute atomic E-state index is 12.1. The van der Waals surface area contributed by atoms with Crippen molar-refractivity contribution in [1.82, 2.24) is 5.32 Å². The summed E-state index contributed by atoms with van der Waals surface area (Å²) in [6.07, 6.45) is 3.87. The molecule has 3 nitrogen and oxygen atoms in total. The van der Waals surface area contributed by atoms with E-state index in [2.05, 4.69) is 5.32 Å². The van der Waals surface area contributed by atoms with Gasteiger partial charge in [0.25, 0.3) is 0 Å². The Morgan fingerprint density at radius 1 is 1.47 bits per heavy atom. The quantitative estimate of drug-likeness (QED) is 0.808. The normalized spacial score (nSPS) is 22.2. The highest BCUT2D eigenvalue weighted by Gasteiger charge is 2.20. The lowest BCUT2D eigenvalue weighted by Gasteiger charge is -2.09. The molecule has 17 heavy (non-hydrogen) atoms. The Balaban J connectivity index is 1.72. The molecule has 3 heteroatoms. The molecule has 1 aromatic rings. The lowest BCUT2D eigenvalue weighted by Crippen LogP contribution is -2.24. The molecule has 0 aromatic heterocycles. The molecule has 0 bridgehead atoms. The fourth-order valence-electron chi connectivity index (χ4n) is 2.63. The number of fused-ring (bicyclic) bond motifs is 1. The van der Waals surface area contributed by atoms with Crippen molar-refractivity contribution in [3.05, 3.63) is 29.3 Å². The van der Waals surface area contributed by atoms with Gasteiger partial charge in [0.15, 0.2) is 5.78 Å². The van der Waals surface area contributed by atoms with Gasteiger partial charge in [0.2, 0.25) is 0 Å². The molecule has 2 aliphatic heterocycles. The number of rotatable bonds is 3. The van der Waals surface area contributed by atoms with E-state index < -0.39 is 0 Å². The second-order valence-electron chi connectivity index (χ2n) is 4.84. The second kappa shape index (κ2) is 4.49. The third-order valence-electron chi connectivity index (χ3n) is 3.61. The van der Waals surface area contributed by atoms with Crippen molar-refractivity contribution in [2.45, 2.75) is 31.7 Å². The van der Waals surface area contributed by atoms with Crippen molar-refractivity contribution in [1.29, 1.82) is 0 Å². The van der Waals surface area contributed by atoms with Crippen molar-refractivity contribution in [2.24, 2.45) is 0 Å². The van der Waals surface area contributed by atoms with E-state index in [0.717, 1.165) is 37.3 Å². The van der Waals surface area contributed by atoms with Gasteiger partial charge in [0, 0.05) is 24.4 Å². The number of ketones is 1. The van der Waals surface area contributed by atoms with Crippen LogP contribution in [0.3, 0.4) is 0 Å². The zero-order valence-corrected chi connectivity index (χ0v) is 9.87. The largest absolute Gasteiger partial charge is 0.493 e. The van der Waals surface area contributed by atoms with E-state index in [1.54, 1.807) is 0 Å². The molecule has 3 rings (SSSR count). The molecule has 90 valence electrons. The summed E-state index contributed by atoms with van der Waals surface area (Å²) in [6, 6.07) is 6.20. The average molecular weight is 231 g/mol. The van der Waals surface area contributed by atoms with Crippen LogP contribution < -0.4 is 10.1 Å². The molecule has 0 aliphatic carbocycles. The molecule has 0 amide bonds. The molecule has 2 aliphatic rings. The van der Waals surface area contributed by atoms with Crippen molar-refractivity contribution in [3.8, 4) is 5.75 Å². The highest BCUT2D eigenvalue weighted by Crippen LogP contribution is 2.26. The molecule has 1 aromatic carbocycles. The van der Waals surface area contributed by atoms with Crippen LogP contribution in [0.1, 0.15) is 35.2 Å². The number of nitrogens with one attached hydrogen (secondary N) is 1. The topological polar surface area (TPSA) is 38.3 Å². The molecular formula is C14H17NO2. The Hall–Kier alpha value is -1.35. The second-order valence-corrected chi connectivity index (χ2v) is 4.84. The molecule has 1 saturated heterocycles. The minimum atomic E-state index is 0.249. The standard InChI is InChI=1S/C14H17NO2/c16-13(9-12-2-1-6-15-12)10-3-4-14-11(8-10)5-7-17-14/h3-4,8,12,15H,1-2,5-7,9H2. The zero-order valence-electron chi connectivity index (χ0n) is 9.87. The van der Waals surface area contributed by atoms with Crippen LogP contribution in [0.4, 0.5) is 0 Å². The molecule has 0 spiro atoms. The van der Waals surface area contributed by atoms with Gasteiger partial charge in [-0.15, -0.1) is 0 Å². The van der Waals surface area contributed by atoms with E-state index in [1.165, 1.54) is 12.0 Å². The van der Waals surface area contributed by atoms with Crippen LogP contribution in [0.2, 0.25) is 0 Å². The number of hydrogen-bond donors (Lipinski definition) is 1. The molecule has 1 atom stereocenters. The summed E-state index contributed by atoms with van der Waals surface area (Å²) in [5.41, 5.74) is 2.01. The van der Waals surface area contributed by atoms with Crippen LogP contribution >= 0.6 is 0 Å². The first-order valence-electron chi connectivity index (χ1n) is 6.35. The van der Waals surface area contributed by atoms with Crippen LogP contribution in [0.25, 0.3) is 0 Å². The summed E-state index contributed by atoms with van der Waals surface area (Å²) < 4.78 is 5.44. The molecular weight excluding hydrogens is 214 g/mol. The number of benzene rings is 1. The molecule has 1 N–H and O–H groups in total. The van der Waals surface area contributed by atoms with Crippen LogP contribution in [0.15, 0.2) is 18.2 Å². The fourth-order valence-corrected chi connectivity index (χ4v) is 2.63. The van der Waals surface area contributed by atoms with Gasteiger partial charge in [0.05, 0.1) is 6.61 Å². The van der Waals surface area contributed by atoms with E-state index in [1.807, 2.05) is 18.2 Å². The van der Waals surface area contributed by atoms with Crippen molar-refractivity contribution in [3.63, 3.8) is 0 Å². The Morgan fingerprint density at radius 3 is 3.24 bits per heavy atom. The van der Waals surface area contributed by atoms with Gasteiger partial charge >= 0.3 is 0 Å². The average Bonchev–Trinajstić information content (AvgIpc) is 2.97. The molecule has 2 heterocycles. The van der Waals surface area contributed by atoms with Crippen molar-refractivity contribution < 1.29 is 9.53 Å². The van der Waals surface area contributed by atoms with Crippen LogP contribution in [-0.4, -0.2) is 25.0 Å². The predicted molar refractivity (Wildman–Crippen MR) is 65.6 cm³/mol. The first kappa shape index (κ1) is 10.8. The molecule has 1 unspecified atom stereocenters. The summed E-state index contributed by atoms with van der Waals surface area (Å²) >= 11 is 0. The van der Waals surface area contributed by atoms with Gasteiger partial charge in [0.1, 0.15) is 5.75 Å². The van der Waals surface area contributed by atoms with Gasteiger partial charge in [-0.2, -0.15) is 0 Å². The third-order valence-corrected chi connectivity index (χ3v) is 3.61. The number of hydrogen-bond acceptors (Lipinski definition) is 3. The summed E-state index contributed by atoms with van der Waals surface area (Å²) in [6.45, 7) is 1.80. The third kappa shape index (κ3) is 2.20.